The summed E-state index contributed by atoms with van der Waals surface area (Å²) in [4.78, 5) is 25.7. The maximum atomic E-state index is 13.6. The number of nitrogens with zero attached hydrogens (tertiary/aromatic N) is 4. The zero-order valence-electron chi connectivity index (χ0n) is 21.0. The summed E-state index contributed by atoms with van der Waals surface area (Å²) >= 11 is 0. The number of piperidine rings is 1. The lowest BCUT2D eigenvalue weighted by Gasteiger charge is -2.36. The smallest absolute Gasteiger partial charge is 0.261 e. The van der Waals surface area contributed by atoms with Crippen LogP contribution in [0.5, 0.6) is 0 Å². The average molecular weight is 455 g/mol. The summed E-state index contributed by atoms with van der Waals surface area (Å²) < 4.78 is 2.00. The van der Waals surface area contributed by atoms with E-state index in [1.54, 1.807) is 6.20 Å². The molecule has 6 heteroatoms. The number of likely N-dealkylation sites (tertiary alicyclic amines) is 1. The molecule has 2 aliphatic rings. The number of hydrogen-bond acceptors (Lipinski definition) is 5. The van der Waals surface area contributed by atoms with Crippen molar-refractivity contribution in [1.29, 1.82) is 0 Å². The van der Waals surface area contributed by atoms with Gasteiger partial charge in [-0.05, 0) is 69.8 Å². The van der Waals surface area contributed by atoms with Crippen LogP contribution in [-0.2, 0) is 6.42 Å². The number of aliphatic hydroxyl groups excluding tert-OH is 1. The molecule has 1 aliphatic heterocycles. The minimum atomic E-state index is -0.195. The minimum absolute atomic E-state index is 0.0562. The summed E-state index contributed by atoms with van der Waals surface area (Å²) in [5, 5.41) is 10.7. The Morgan fingerprint density at radius 1 is 1.09 bits per heavy atom. The van der Waals surface area contributed by atoms with Crippen LogP contribution in [0.4, 0.5) is 0 Å². The molecule has 33 heavy (non-hydrogen) atoms. The summed E-state index contributed by atoms with van der Waals surface area (Å²) in [5.41, 5.74) is 2.10. The maximum absolute atomic E-state index is 13.6. The Kier molecular flexibility index (Phi) is 7.85. The van der Waals surface area contributed by atoms with E-state index in [1.165, 1.54) is 5.56 Å². The molecule has 2 aromatic heterocycles. The van der Waals surface area contributed by atoms with Gasteiger partial charge >= 0.3 is 0 Å². The normalized spacial score (nSPS) is 23.9. The van der Waals surface area contributed by atoms with E-state index in [0.717, 1.165) is 82.2 Å². The highest BCUT2D eigenvalue weighted by Crippen LogP contribution is 2.36. The first-order chi connectivity index (χ1) is 15.9. The highest BCUT2D eigenvalue weighted by atomic mass is 16.3. The van der Waals surface area contributed by atoms with Gasteiger partial charge in [0.25, 0.3) is 5.56 Å². The minimum Gasteiger partial charge on any atom is -0.393 e. The monoisotopic (exact) mass is 454 g/mol. The molecule has 0 radical (unpaired) electrons. The fourth-order valence-electron chi connectivity index (χ4n) is 5.85. The van der Waals surface area contributed by atoms with Crippen molar-refractivity contribution in [2.24, 2.45) is 5.92 Å². The Morgan fingerprint density at radius 2 is 1.79 bits per heavy atom. The molecule has 0 spiro atoms. The van der Waals surface area contributed by atoms with E-state index < -0.39 is 0 Å². The summed E-state index contributed by atoms with van der Waals surface area (Å²) in [6.45, 7) is 11.0. The van der Waals surface area contributed by atoms with E-state index in [0.29, 0.717) is 23.3 Å². The molecule has 2 aromatic rings. The number of aromatic nitrogens is 3. The van der Waals surface area contributed by atoms with Gasteiger partial charge in [-0.15, -0.1) is 0 Å². The van der Waals surface area contributed by atoms with Gasteiger partial charge in [0, 0.05) is 44.0 Å². The van der Waals surface area contributed by atoms with Crippen molar-refractivity contribution in [2.75, 3.05) is 13.1 Å². The molecule has 3 heterocycles. The summed E-state index contributed by atoms with van der Waals surface area (Å²) in [5.74, 6) is 1.73. The Bertz CT molecular complexity index is 986. The van der Waals surface area contributed by atoms with Crippen LogP contribution in [-0.4, -0.2) is 49.8 Å². The van der Waals surface area contributed by atoms with Crippen LogP contribution < -0.4 is 5.56 Å². The van der Waals surface area contributed by atoms with Gasteiger partial charge < -0.3 is 14.6 Å². The lowest BCUT2D eigenvalue weighted by Crippen LogP contribution is -2.41. The predicted octanol–water partition coefficient (Wildman–Crippen LogP) is 4.83. The van der Waals surface area contributed by atoms with E-state index in [9.17, 15) is 9.90 Å². The van der Waals surface area contributed by atoms with Crippen LogP contribution in [0.15, 0.2) is 17.2 Å². The van der Waals surface area contributed by atoms with Crippen LogP contribution in [0, 0.1) is 5.92 Å². The summed E-state index contributed by atoms with van der Waals surface area (Å²) in [6.07, 6.45) is 12.4. The second kappa shape index (κ2) is 10.6. The van der Waals surface area contributed by atoms with Crippen molar-refractivity contribution in [3.8, 4) is 0 Å². The molecule has 4 rings (SSSR count). The Morgan fingerprint density at radius 3 is 2.42 bits per heavy atom. The number of pyridine rings is 1. The molecular weight excluding hydrogens is 412 g/mol. The Hall–Kier alpha value is -1.79. The predicted molar refractivity (Wildman–Crippen MR) is 134 cm³/mol. The first kappa shape index (κ1) is 24.3. The van der Waals surface area contributed by atoms with Crippen molar-refractivity contribution in [2.45, 2.75) is 110 Å². The van der Waals surface area contributed by atoms with Crippen LogP contribution in [0.25, 0.3) is 10.9 Å². The number of hydrogen-bond donors (Lipinski definition) is 1. The molecular formula is C27H42N4O2. The van der Waals surface area contributed by atoms with E-state index >= 15 is 0 Å². The molecule has 1 aliphatic carbocycles. The molecule has 1 unspecified atom stereocenters. The number of aliphatic hydroxyl groups is 1. The van der Waals surface area contributed by atoms with E-state index in [4.69, 9.17) is 4.98 Å². The largest absolute Gasteiger partial charge is 0.393 e. The van der Waals surface area contributed by atoms with Crippen molar-refractivity contribution in [1.82, 2.24) is 19.4 Å². The van der Waals surface area contributed by atoms with Crippen LogP contribution in [0.2, 0.25) is 0 Å². The third kappa shape index (κ3) is 5.48. The van der Waals surface area contributed by atoms with Crippen LogP contribution in [0.1, 0.15) is 102 Å². The third-order valence-corrected chi connectivity index (χ3v) is 7.93. The number of rotatable bonds is 7. The quantitative estimate of drug-likeness (QED) is 0.649. The standard InChI is InChI=1S/C27H42N4O2/c1-5-6-19(4)15-25-28-16-23-26(29-25)24(20-7-9-22(32)10-8-20)17-31(27(23)33)21-11-13-30(14-12-21)18(2)3/h16-22,32H,5-15H2,1-4H3. The maximum Gasteiger partial charge on any atom is 0.261 e. The molecule has 0 bridgehead atoms. The van der Waals surface area contributed by atoms with E-state index in [2.05, 4.69) is 43.8 Å². The lowest BCUT2D eigenvalue weighted by molar-refractivity contribution is 0.122. The second-order valence-electron chi connectivity index (χ2n) is 10.8. The first-order valence-corrected chi connectivity index (χ1v) is 13.2. The van der Waals surface area contributed by atoms with Crippen molar-refractivity contribution < 1.29 is 5.11 Å². The van der Waals surface area contributed by atoms with E-state index in [1.807, 2.05) is 4.57 Å². The van der Waals surface area contributed by atoms with Gasteiger partial charge in [-0.25, -0.2) is 9.97 Å². The molecule has 0 aromatic carbocycles. The first-order valence-electron chi connectivity index (χ1n) is 13.2. The lowest BCUT2D eigenvalue weighted by atomic mass is 9.82. The Labute approximate surface area is 198 Å². The van der Waals surface area contributed by atoms with Crippen LogP contribution >= 0.6 is 0 Å². The molecule has 2 fully saturated rings. The highest BCUT2D eigenvalue weighted by molar-refractivity contribution is 5.80. The summed E-state index contributed by atoms with van der Waals surface area (Å²) in [7, 11) is 0. The molecule has 1 atom stereocenters. The van der Waals surface area contributed by atoms with Crippen molar-refractivity contribution in [3.05, 3.63) is 34.1 Å². The second-order valence-corrected chi connectivity index (χ2v) is 10.8. The number of fused-ring (bicyclic) bond motifs is 1. The topological polar surface area (TPSA) is 71.2 Å². The summed E-state index contributed by atoms with van der Waals surface area (Å²) in [6, 6.07) is 0.777. The van der Waals surface area contributed by atoms with Gasteiger partial charge in [-0.3, -0.25) is 4.79 Å². The molecule has 182 valence electrons. The molecule has 1 N–H and O–H groups in total. The molecule has 6 nitrogen and oxygen atoms in total. The molecule has 0 amide bonds. The Balaban J connectivity index is 1.72. The average Bonchev–Trinajstić information content (AvgIpc) is 2.80. The van der Waals surface area contributed by atoms with Gasteiger partial charge in [-0.1, -0.05) is 26.7 Å². The van der Waals surface area contributed by atoms with E-state index in [-0.39, 0.29) is 17.7 Å². The third-order valence-electron chi connectivity index (χ3n) is 7.93. The molecule has 1 saturated carbocycles. The highest BCUT2D eigenvalue weighted by Gasteiger charge is 2.28. The fraction of sp³-hybridized carbons (Fsp3) is 0.741. The van der Waals surface area contributed by atoms with Crippen LogP contribution in [0.3, 0.4) is 0 Å². The fourth-order valence-corrected chi connectivity index (χ4v) is 5.85. The van der Waals surface area contributed by atoms with Gasteiger partial charge in [0.05, 0.1) is 17.0 Å². The van der Waals surface area contributed by atoms with Gasteiger partial charge in [-0.2, -0.15) is 0 Å². The zero-order chi connectivity index (χ0) is 23.5. The van der Waals surface area contributed by atoms with Gasteiger partial charge in [0.1, 0.15) is 5.82 Å². The molecule has 1 saturated heterocycles. The van der Waals surface area contributed by atoms with Gasteiger partial charge in [0.15, 0.2) is 0 Å². The van der Waals surface area contributed by atoms with Gasteiger partial charge in [0.2, 0.25) is 0 Å². The van der Waals surface area contributed by atoms with Crippen molar-refractivity contribution >= 4 is 10.9 Å². The SMILES string of the molecule is CCCC(C)Cc1ncc2c(=O)n(C3CCN(C(C)C)CC3)cc(C3CCC(O)CC3)c2n1. The zero-order valence-corrected chi connectivity index (χ0v) is 21.0. The van der Waals surface area contributed by atoms with Crippen molar-refractivity contribution in [3.63, 3.8) is 0 Å².